The molecule has 1 aromatic carbocycles. The number of hydrogen-bond donors (Lipinski definition) is 2. The van der Waals surface area contributed by atoms with Crippen molar-refractivity contribution in [2.24, 2.45) is 0 Å². The normalized spacial score (nSPS) is 10.3. The molecule has 0 unspecified atom stereocenters. The molecule has 1 rings (SSSR count). The number of carbonyl (C=O) groups is 2. The van der Waals surface area contributed by atoms with Crippen molar-refractivity contribution in [3.63, 3.8) is 0 Å². The van der Waals surface area contributed by atoms with E-state index in [9.17, 15) is 9.59 Å². The number of aryl methyl sites for hydroxylation is 1. The first kappa shape index (κ1) is 15.7. The molecule has 5 nitrogen and oxygen atoms in total. The summed E-state index contributed by atoms with van der Waals surface area (Å²) in [6.45, 7) is 4.23. The number of ether oxygens (including phenoxy) is 1. The average molecular weight is 330 g/mol. The second-order valence-electron chi connectivity index (χ2n) is 4.05. The number of nitrogens with one attached hydrogen (secondary N) is 1. The second-order valence-corrected chi connectivity index (χ2v) is 4.91. The highest BCUT2D eigenvalue weighted by molar-refractivity contribution is 9.10. The van der Waals surface area contributed by atoms with Crippen molar-refractivity contribution >= 4 is 33.5 Å². The average Bonchev–Trinajstić information content (AvgIpc) is 2.32. The second kappa shape index (κ2) is 7.25. The fraction of sp³-hybridized carbons (Fsp3) is 0.385. The van der Waals surface area contributed by atoms with Crippen molar-refractivity contribution < 1.29 is 19.4 Å². The van der Waals surface area contributed by atoms with Crippen molar-refractivity contribution in [3.8, 4) is 0 Å². The SMILES string of the molecule is CCCOCC(=O)Nc1cc(C(=O)O)c(Br)cc1C. The molecule has 0 saturated heterocycles. The van der Waals surface area contributed by atoms with Crippen molar-refractivity contribution in [2.45, 2.75) is 20.3 Å². The molecular formula is C13H16BrNO4. The van der Waals surface area contributed by atoms with Crippen LogP contribution in [-0.4, -0.2) is 30.2 Å². The van der Waals surface area contributed by atoms with E-state index < -0.39 is 5.97 Å². The first-order chi connectivity index (χ1) is 8.95. The lowest BCUT2D eigenvalue weighted by atomic mass is 10.1. The minimum absolute atomic E-state index is 0.0360. The molecule has 0 spiro atoms. The summed E-state index contributed by atoms with van der Waals surface area (Å²) in [5.74, 6) is -1.35. The first-order valence-electron chi connectivity index (χ1n) is 5.86. The summed E-state index contributed by atoms with van der Waals surface area (Å²) in [4.78, 5) is 22.6. The number of carboxylic acids is 1. The van der Waals surface area contributed by atoms with Gasteiger partial charge in [-0.05, 0) is 47.0 Å². The minimum atomic E-state index is -1.05. The van der Waals surface area contributed by atoms with Crippen molar-refractivity contribution in [3.05, 3.63) is 27.7 Å². The number of rotatable bonds is 6. The number of halogens is 1. The first-order valence-corrected chi connectivity index (χ1v) is 6.66. The van der Waals surface area contributed by atoms with E-state index >= 15 is 0 Å². The number of anilines is 1. The van der Waals surface area contributed by atoms with Gasteiger partial charge in [-0.1, -0.05) is 6.92 Å². The Morgan fingerprint density at radius 2 is 2.11 bits per heavy atom. The highest BCUT2D eigenvalue weighted by Crippen LogP contribution is 2.25. The maximum Gasteiger partial charge on any atom is 0.336 e. The molecule has 19 heavy (non-hydrogen) atoms. The molecule has 1 aromatic rings. The number of amides is 1. The molecule has 0 aliphatic heterocycles. The van der Waals surface area contributed by atoms with Gasteiger partial charge in [0.1, 0.15) is 6.61 Å². The Hall–Kier alpha value is -1.40. The van der Waals surface area contributed by atoms with Crippen molar-refractivity contribution in [2.75, 3.05) is 18.5 Å². The van der Waals surface area contributed by atoms with E-state index in [1.165, 1.54) is 6.07 Å². The molecule has 0 bridgehead atoms. The lowest BCUT2D eigenvalue weighted by Gasteiger charge is -2.11. The molecule has 0 saturated carbocycles. The lowest BCUT2D eigenvalue weighted by molar-refractivity contribution is -0.120. The molecule has 0 radical (unpaired) electrons. The fourth-order valence-corrected chi connectivity index (χ4v) is 2.09. The summed E-state index contributed by atoms with van der Waals surface area (Å²) < 4.78 is 5.60. The van der Waals surface area contributed by atoms with Gasteiger partial charge in [-0.2, -0.15) is 0 Å². The lowest BCUT2D eigenvalue weighted by Crippen LogP contribution is -2.19. The Labute approximate surface area is 120 Å². The van der Waals surface area contributed by atoms with Crippen LogP contribution in [0.3, 0.4) is 0 Å². The Morgan fingerprint density at radius 3 is 2.68 bits per heavy atom. The summed E-state index contributed by atoms with van der Waals surface area (Å²) in [7, 11) is 0. The van der Waals surface area contributed by atoms with E-state index in [0.29, 0.717) is 16.8 Å². The van der Waals surface area contributed by atoms with Crippen LogP contribution >= 0.6 is 15.9 Å². The van der Waals surface area contributed by atoms with E-state index in [0.717, 1.165) is 12.0 Å². The predicted octanol–water partition coefficient (Wildman–Crippen LogP) is 2.82. The quantitative estimate of drug-likeness (QED) is 0.787. The molecule has 0 aromatic heterocycles. The van der Waals surface area contributed by atoms with Gasteiger partial charge in [-0.25, -0.2) is 4.79 Å². The third kappa shape index (κ3) is 4.65. The Morgan fingerprint density at radius 1 is 1.42 bits per heavy atom. The maximum atomic E-state index is 11.6. The van der Waals surface area contributed by atoms with Crippen molar-refractivity contribution in [1.82, 2.24) is 0 Å². The third-order valence-electron chi connectivity index (χ3n) is 2.40. The minimum Gasteiger partial charge on any atom is -0.478 e. The van der Waals surface area contributed by atoms with Gasteiger partial charge >= 0.3 is 5.97 Å². The van der Waals surface area contributed by atoms with Crippen LogP contribution in [0.15, 0.2) is 16.6 Å². The van der Waals surface area contributed by atoms with E-state index in [2.05, 4.69) is 21.2 Å². The molecule has 0 fully saturated rings. The van der Waals surface area contributed by atoms with E-state index in [-0.39, 0.29) is 18.1 Å². The van der Waals surface area contributed by atoms with E-state index in [1.807, 2.05) is 6.92 Å². The summed E-state index contributed by atoms with van der Waals surface area (Å²) in [6, 6.07) is 3.09. The predicted molar refractivity (Wildman–Crippen MR) is 75.6 cm³/mol. The van der Waals surface area contributed by atoms with Gasteiger partial charge in [-0.15, -0.1) is 0 Å². The van der Waals surface area contributed by atoms with Gasteiger partial charge < -0.3 is 15.2 Å². The van der Waals surface area contributed by atoms with Crippen LogP contribution in [0.5, 0.6) is 0 Å². The van der Waals surface area contributed by atoms with Crippen LogP contribution in [-0.2, 0) is 9.53 Å². The number of hydrogen-bond acceptors (Lipinski definition) is 3. The number of benzene rings is 1. The standard InChI is InChI=1S/C13H16BrNO4/c1-3-4-19-7-12(16)15-11-6-9(13(17)18)10(14)5-8(11)2/h5-6H,3-4,7H2,1-2H3,(H,15,16)(H,17,18). The zero-order valence-electron chi connectivity index (χ0n) is 10.8. The van der Waals surface area contributed by atoms with Crippen LogP contribution in [0.25, 0.3) is 0 Å². The van der Waals surface area contributed by atoms with Gasteiger partial charge in [0, 0.05) is 16.8 Å². The maximum absolute atomic E-state index is 11.6. The monoisotopic (exact) mass is 329 g/mol. The van der Waals surface area contributed by atoms with Crippen LogP contribution in [0.1, 0.15) is 29.3 Å². The molecule has 2 N–H and O–H groups in total. The summed E-state index contributed by atoms with van der Waals surface area (Å²) in [6.07, 6.45) is 0.841. The zero-order valence-corrected chi connectivity index (χ0v) is 12.4. The Balaban J connectivity index is 2.80. The summed E-state index contributed by atoms with van der Waals surface area (Å²) in [5, 5.41) is 11.7. The molecule has 0 aliphatic rings. The van der Waals surface area contributed by atoms with Crippen LogP contribution in [0.4, 0.5) is 5.69 Å². The molecule has 0 atom stereocenters. The van der Waals surface area contributed by atoms with Crippen LogP contribution in [0.2, 0.25) is 0 Å². The van der Waals surface area contributed by atoms with Crippen LogP contribution < -0.4 is 5.32 Å². The van der Waals surface area contributed by atoms with Crippen LogP contribution in [0, 0.1) is 6.92 Å². The molecule has 104 valence electrons. The smallest absolute Gasteiger partial charge is 0.336 e. The molecule has 0 aliphatic carbocycles. The molecule has 0 heterocycles. The number of carboxylic acid groups (broad SMARTS) is 1. The zero-order chi connectivity index (χ0) is 14.4. The third-order valence-corrected chi connectivity index (χ3v) is 3.06. The highest BCUT2D eigenvalue weighted by atomic mass is 79.9. The summed E-state index contributed by atoms with van der Waals surface area (Å²) in [5.41, 5.74) is 1.36. The van der Waals surface area contributed by atoms with E-state index in [1.54, 1.807) is 13.0 Å². The van der Waals surface area contributed by atoms with E-state index in [4.69, 9.17) is 9.84 Å². The van der Waals surface area contributed by atoms with Gasteiger partial charge in [0.05, 0.1) is 5.56 Å². The fourth-order valence-electron chi connectivity index (χ4n) is 1.47. The Kier molecular flexibility index (Phi) is 5.98. The van der Waals surface area contributed by atoms with Gasteiger partial charge in [0.2, 0.25) is 5.91 Å². The molecule has 6 heteroatoms. The number of carbonyl (C=O) groups excluding carboxylic acids is 1. The highest BCUT2D eigenvalue weighted by Gasteiger charge is 2.13. The van der Waals surface area contributed by atoms with Gasteiger partial charge in [0.15, 0.2) is 0 Å². The number of aromatic carboxylic acids is 1. The topological polar surface area (TPSA) is 75.6 Å². The summed E-state index contributed by atoms with van der Waals surface area (Å²) >= 11 is 3.18. The Bertz CT molecular complexity index is 488. The largest absolute Gasteiger partial charge is 0.478 e. The molecule has 1 amide bonds. The van der Waals surface area contributed by atoms with Crippen molar-refractivity contribution in [1.29, 1.82) is 0 Å². The van der Waals surface area contributed by atoms with Gasteiger partial charge in [0.25, 0.3) is 0 Å². The van der Waals surface area contributed by atoms with Gasteiger partial charge in [-0.3, -0.25) is 4.79 Å². The molecular weight excluding hydrogens is 314 g/mol.